The van der Waals surface area contributed by atoms with Crippen molar-refractivity contribution < 1.29 is 14.3 Å². The molecule has 106 valence electrons. The van der Waals surface area contributed by atoms with Gasteiger partial charge in [-0.05, 0) is 25.1 Å². The van der Waals surface area contributed by atoms with E-state index in [2.05, 4.69) is 4.98 Å². The van der Waals surface area contributed by atoms with Crippen LogP contribution in [0.2, 0.25) is 0 Å². The van der Waals surface area contributed by atoms with Gasteiger partial charge in [0.25, 0.3) is 0 Å². The van der Waals surface area contributed by atoms with Gasteiger partial charge in [-0.2, -0.15) is 0 Å². The van der Waals surface area contributed by atoms with Crippen molar-refractivity contribution in [1.82, 2.24) is 9.55 Å². The lowest BCUT2D eigenvalue weighted by Crippen LogP contribution is -2.12. The van der Waals surface area contributed by atoms with Crippen LogP contribution in [0.15, 0.2) is 30.6 Å². The van der Waals surface area contributed by atoms with Gasteiger partial charge in [0.2, 0.25) is 0 Å². The van der Waals surface area contributed by atoms with E-state index >= 15 is 0 Å². The second kappa shape index (κ2) is 6.10. The fourth-order valence-corrected chi connectivity index (χ4v) is 1.82. The number of carbonyl (C=O) groups excluding carboxylic acids is 1. The van der Waals surface area contributed by atoms with Crippen LogP contribution >= 0.6 is 0 Å². The van der Waals surface area contributed by atoms with E-state index in [0.717, 1.165) is 5.82 Å². The summed E-state index contributed by atoms with van der Waals surface area (Å²) in [6, 6.07) is 4.82. The molecule has 0 saturated carbocycles. The Morgan fingerprint density at radius 2 is 2.25 bits per heavy atom. The van der Waals surface area contributed by atoms with E-state index in [1.807, 2.05) is 17.7 Å². The van der Waals surface area contributed by atoms with Crippen LogP contribution in [0.1, 0.15) is 16.2 Å². The van der Waals surface area contributed by atoms with Gasteiger partial charge in [-0.15, -0.1) is 0 Å². The van der Waals surface area contributed by atoms with Crippen LogP contribution in [0.5, 0.6) is 5.75 Å². The SMILES string of the molecule is COc1ccc(C(=O)OCCn2ccnc2C)cc1N. The zero-order valence-electron chi connectivity index (χ0n) is 11.5. The van der Waals surface area contributed by atoms with Crippen molar-refractivity contribution in [3.8, 4) is 5.75 Å². The third-order valence-electron chi connectivity index (χ3n) is 2.95. The topological polar surface area (TPSA) is 79.4 Å². The number of carbonyl (C=O) groups is 1. The highest BCUT2D eigenvalue weighted by atomic mass is 16.5. The molecule has 1 heterocycles. The molecule has 0 aliphatic carbocycles. The van der Waals surface area contributed by atoms with Crippen LogP contribution in [-0.4, -0.2) is 29.2 Å². The van der Waals surface area contributed by atoms with Crippen molar-refractivity contribution in [3.63, 3.8) is 0 Å². The molecule has 2 aromatic rings. The number of rotatable bonds is 5. The van der Waals surface area contributed by atoms with E-state index in [-0.39, 0.29) is 6.61 Å². The van der Waals surface area contributed by atoms with Crippen LogP contribution in [0.4, 0.5) is 5.69 Å². The molecule has 0 bridgehead atoms. The Balaban J connectivity index is 1.92. The number of imidazole rings is 1. The van der Waals surface area contributed by atoms with E-state index in [0.29, 0.717) is 23.5 Å². The molecule has 0 amide bonds. The molecule has 0 unspecified atom stereocenters. The number of esters is 1. The Kier molecular flexibility index (Phi) is 4.24. The molecule has 0 radical (unpaired) electrons. The van der Waals surface area contributed by atoms with E-state index in [9.17, 15) is 4.79 Å². The summed E-state index contributed by atoms with van der Waals surface area (Å²) < 4.78 is 12.1. The van der Waals surface area contributed by atoms with Crippen LogP contribution in [0.3, 0.4) is 0 Å². The third kappa shape index (κ3) is 3.09. The molecule has 1 aromatic carbocycles. The van der Waals surface area contributed by atoms with E-state index in [1.165, 1.54) is 7.11 Å². The molecule has 20 heavy (non-hydrogen) atoms. The number of hydrogen-bond donors (Lipinski definition) is 1. The molecule has 0 spiro atoms. The zero-order chi connectivity index (χ0) is 14.5. The Morgan fingerprint density at radius 3 is 2.85 bits per heavy atom. The molecule has 0 atom stereocenters. The number of benzene rings is 1. The molecule has 0 aliphatic heterocycles. The number of aryl methyl sites for hydroxylation is 1. The summed E-state index contributed by atoms with van der Waals surface area (Å²) in [6.07, 6.45) is 3.55. The van der Waals surface area contributed by atoms with Crippen LogP contribution in [0.25, 0.3) is 0 Å². The van der Waals surface area contributed by atoms with Gasteiger partial charge >= 0.3 is 5.97 Å². The van der Waals surface area contributed by atoms with Gasteiger partial charge in [0, 0.05) is 12.4 Å². The molecule has 0 fully saturated rings. The summed E-state index contributed by atoms with van der Waals surface area (Å²) in [7, 11) is 1.52. The first kappa shape index (κ1) is 13.9. The highest BCUT2D eigenvalue weighted by Crippen LogP contribution is 2.22. The number of nitrogen functional groups attached to an aromatic ring is 1. The lowest BCUT2D eigenvalue weighted by molar-refractivity contribution is 0.0490. The van der Waals surface area contributed by atoms with Gasteiger partial charge in [0.1, 0.15) is 18.2 Å². The maximum atomic E-state index is 11.9. The molecular weight excluding hydrogens is 258 g/mol. The fraction of sp³-hybridized carbons (Fsp3) is 0.286. The van der Waals surface area contributed by atoms with Gasteiger partial charge in [-0.1, -0.05) is 0 Å². The minimum absolute atomic E-state index is 0.280. The molecule has 6 nitrogen and oxygen atoms in total. The minimum atomic E-state index is -0.405. The highest BCUT2D eigenvalue weighted by Gasteiger charge is 2.10. The Labute approximate surface area is 117 Å². The molecule has 0 aliphatic rings. The van der Waals surface area contributed by atoms with E-state index in [1.54, 1.807) is 24.4 Å². The van der Waals surface area contributed by atoms with E-state index < -0.39 is 5.97 Å². The average molecular weight is 275 g/mol. The van der Waals surface area contributed by atoms with Gasteiger partial charge in [-0.3, -0.25) is 0 Å². The Hall–Kier alpha value is -2.50. The predicted octanol–water partition coefficient (Wildman–Crippen LogP) is 1.64. The first-order valence-electron chi connectivity index (χ1n) is 6.20. The summed E-state index contributed by atoms with van der Waals surface area (Å²) in [5.74, 6) is 1.02. The van der Waals surface area contributed by atoms with Crippen molar-refractivity contribution in [2.75, 3.05) is 19.5 Å². The first-order valence-corrected chi connectivity index (χ1v) is 6.20. The Morgan fingerprint density at radius 1 is 1.45 bits per heavy atom. The fourth-order valence-electron chi connectivity index (χ4n) is 1.82. The number of ether oxygens (including phenoxy) is 2. The number of nitrogens with two attached hydrogens (primary N) is 1. The van der Waals surface area contributed by atoms with Crippen molar-refractivity contribution in [2.45, 2.75) is 13.5 Å². The normalized spacial score (nSPS) is 10.3. The standard InChI is InChI=1S/C14H17N3O3/c1-10-16-5-6-17(10)7-8-20-14(18)11-3-4-13(19-2)12(15)9-11/h3-6,9H,7-8,15H2,1-2H3. The van der Waals surface area contributed by atoms with Crippen LogP contribution < -0.4 is 10.5 Å². The van der Waals surface area contributed by atoms with Crippen molar-refractivity contribution in [2.24, 2.45) is 0 Å². The molecule has 2 rings (SSSR count). The number of methoxy groups -OCH3 is 1. The van der Waals surface area contributed by atoms with E-state index in [4.69, 9.17) is 15.2 Å². The average Bonchev–Trinajstić information content (AvgIpc) is 2.84. The summed E-state index contributed by atoms with van der Waals surface area (Å²) in [4.78, 5) is 16.0. The summed E-state index contributed by atoms with van der Waals surface area (Å²) >= 11 is 0. The molecule has 2 N–H and O–H groups in total. The maximum absolute atomic E-state index is 11.9. The van der Waals surface area contributed by atoms with Gasteiger partial charge < -0.3 is 19.8 Å². The maximum Gasteiger partial charge on any atom is 0.338 e. The minimum Gasteiger partial charge on any atom is -0.495 e. The van der Waals surface area contributed by atoms with Crippen LogP contribution in [0, 0.1) is 6.92 Å². The van der Waals surface area contributed by atoms with Crippen molar-refractivity contribution >= 4 is 11.7 Å². The summed E-state index contributed by atoms with van der Waals surface area (Å²) in [5, 5.41) is 0. The number of hydrogen-bond acceptors (Lipinski definition) is 5. The number of anilines is 1. The van der Waals surface area contributed by atoms with Crippen molar-refractivity contribution in [3.05, 3.63) is 42.0 Å². The molecule has 0 saturated heterocycles. The monoisotopic (exact) mass is 275 g/mol. The highest BCUT2D eigenvalue weighted by molar-refractivity contribution is 5.91. The van der Waals surface area contributed by atoms with Gasteiger partial charge in [-0.25, -0.2) is 9.78 Å². The zero-order valence-corrected chi connectivity index (χ0v) is 11.5. The predicted molar refractivity (Wildman–Crippen MR) is 74.7 cm³/mol. The largest absolute Gasteiger partial charge is 0.495 e. The summed E-state index contributed by atoms with van der Waals surface area (Å²) in [5.41, 5.74) is 6.57. The molecule has 6 heteroatoms. The Bertz CT molecular complexity index is 607. The lowest BCUT2D eigenvalue weighted by Gasteiger charge is -2.09. The number of nitrogens with zero attached hydrogens (tertiary/aromatic N) is 2. The van der Waals surface area contributed by atoms with Gasteiger partial charge in [0.15, 0.2) is 0 Å². The lowest BCUT2D eigenvalue weighted by atomic mass is 10.2. The van der Waals surface area contributed by atoms with Gasteiger partial charge in [0.05, 0.1) is 24.9 Å². The number of aromatic nitrogens is 2. The third-order valence-corrected chi connectivity index (χ3v) is 2.95. The quantitative estimate of drug-likeness (QED) is 0.663. The second-order valence-corrected chi connectivity index (χ2v) is 4.26. The molecular formula is C14H17N3O3. The van der Waals surface area contributed by atoms with Crippen LogP contribution in [-0.2, 0) is 11.3 Å². The smallest absolute Gasteiger partial charge is 0.338 e. The first-order chi connectivity index (χ1) is 9.61. The second-order valence-electron chi connectivity index (χ2n) is 4.26. The summed E-state index contributed by atoms with van der Waals surface area (Å²) in [6.45, 7) is 2.75. The molecule has 1 aromatic heterocycles. The van der Waals surface area contributed by atoms with Crippen molar-refractivity contribution in [1.29, 1.82) is 0 Å².